The fraction of sp³-hybridized carbons (Fsp3) is 0.500. The quantitative estimate of drug-likeness (QED) is 0.249. The van der Waals surface area contributed by atoms with Crippen molar-refractivity contribution in [3.05, 3.63) is 64.1 Å². The van der Waals surface area contributed by atoms with E-state index in [1.165, 1.54) is 63.5 Å². The van der Waals surface area contributed by atoms with E-state index in [0.717, 1.165) is 17.8 Å². The molecule has 0 fully saturated rings. The zero-order chi connectivity index (χ0) is 24.3. The molecule has 6 nitrogen and oxygen atoms in total. The molecule has 0 spiro atoms. The highest BCUT2D eigenvalue weighted by molar-refractivity contribution is 6.28. The van der Waals surface area contributed by atoms with Gasteiger partial charge in [-0.15, -0.1) is 0 Å². The summed E-state index contributed by atoms with van der Waals surface area (Å²) in [5, 5.41) is 9.88. The first-order chi connectivity index (χ1) is 16.5. The molecular weight excluding hydrogens is 426 g/mol. The van der Waals surface area contributed by atoms with Gasteiger partial charge in [0.1, 0.15) is 17.0 Å². The molecule has 2 aromatic rings. The van der Waals surface area contributed by atoms with Crippen molar-refractivity contribution in [3.8, 4) is 0 Å². The minimum atomic E-state index is -1.05. The Morgan fingerprint density at radius 1 is 0.971 bits per heavy atom. The van der Waals surface area contributed by atoms with E-state index in [1.807, 2.05) is 38.1 Å². The number of carbonyl (C=O) groups is 1. The van der Waals surface area contributed by atoms with Crippen LogP contribution in [0.3, 0.4) is 0 Å². The third-order valence-corrected chi connectivity index (χ3v) is 6.13. The summed E-state index contributed by atoms with van der Waals surface area (Å²) < 4.78 is 5.75. The molecule has 0 bridgehead atoms. The minimum absolute atomic E-state index is 0.0939. The first kappa shape index (κ1) is 25.6. The molecule has 0 saturated carbocycles. The lowest BCUT2D eigenvalue weighted by atomic mass is 10.1. The van der Waals surface area contributed by atoms with Gasteiger partial charge in [0.25, 0.3) is 0 Å². The van der Waals surface area contributed by atoms with Crippen LogP contribution in [0, 0.1) is 6.92 Å². The molecule has 0 atom stereocenters. The van der Waals surface area contributed by atoms with Gasteiger partial charge in [0.2, 0.25) is 0 Å². The van der Waals surface area contributed by atoms with Gasteiger partial charge in [0.05, 0.1) is 12.3 Å². The van der Waals surface area contributed by atoms with E-state index in [-0.39, 0.29) is 5.57 Å². The summed E-state index contributed by atoms with van der Waals surface area (Å²) in [6.45, 7) is 6.40. The van der Waals surface area contributed by atoms with Gasteiger partial charge < -0.3 is 19.8 Å². The van der Waals surface area contributed by atoms with Crippen molar-refractivity contribution in [3.63, 3.8) is 0 Å². The first-order valence-corrected chi connectivity index (χ1v) is 12.8. The molecule has 0 saturated heterocycles. The second kappa shape index (κ2) is 13.0. The smallest absolute Gasteiger partial charge is 0.341 e. The maximum absolute atomic E-state index is 12.1. The van der Waals surface area contributed by atoms with E-state index in [2.05, 4.69) is 28.0 Å². The van der Waals surface area contributed by atoms with E-state index in [1.54, 1.807) is 0 Å². The molecular formula is C28H39N3O3. The van der Waals surface area contributed by atoms with Crippen LogP contribution in [0.15, 0.2) is 46.3 Å². The predicted octanol–water partition coefficient (Wildman–Crippen LogP) is 6.94. The molecule has 6 heteroatoms. The molecule has 3 N–H and O–H groups in total. The third kappa shape index (κ3) is 6.99. The SMILES string of the molecule is CCCCCCCCCCCc1ccc(C=C2N=C(c3ccc(C)[nH]3)C(C(=O)O)=C2OCC)[nH]1. The summed E-state index contributed by atoms with van der Waals surface area (Å²) in [6.07, 6.45) is 14.7. The number of carboxylic acid groups (broad SMARTS) is 1. The number of rotatable bonds is 15. The zero-order valence-corrected chi connectivity index (χ0v) is 20.9. The van der Waals surface area contributed by atoms with Gasteiger partial charge in [-0.3, -0.25) is 0 Å². The van der Waals surface area contributed by atoms with Gasteiger partial charge in [-0.2, -0.15) is 0 Å². The van der Waals surface area contributed by atoms with Crippen molar-refractivity contribution in [1.82, 2.24) is 9.97 Å². The standard InChI is InChI=1S/C28H39N3O3/c1-4-6-7-8-9-10-11-12-13-14-21-16-17-22(30-21)19-24-27(34-5-2)25(28(32)33)26(31-24)23-18-15-20(3)29-23/h15-19,29-30H,4-14H2,1-3H3,(H,32,33). The Bertz CT molecular complexity index is 1040. The van der Waals surface area contributed by atoms with Crippen molar-refractivity contribution in [2.75, 3.05) is 6.61 Å². The molecule has 2 aromatic heterocycles. The molecule has 34 heavy (non-hydrogen) atoms. The predicted molar refractivity (Wildman–Crippen MR) is 138 cm³/mol. The first-order valence-electron chi connectivity index (χ1n) is 12.8. The fourth-order valence-electron chi connectivity index (χ4n) is 4.35. The third-order valence-electron chi connectivity index (χ3n) is 6.13. The Hall–Kier alpha value is -3.02. The van der Waals surface area contributed by atoms with Crippen LogP contribution in [-0.4, -0.2) is 33.4 Å². The molecule has 1 aliphatic rings. The molecule has 0 unspecified atom stereocenters. The lowest BCUT2D eigenvalue weighted by Crippen LogP contribution is -2.14. The number of aryl methyl sites for hydroxylation is 2. The number of aromatic nitrogens is 2. The average Bonchev–Trinajstić information content (AvgIpc) is 3.52. The Balaban J connectivity index is 1.63. The van der Waals surface area contributed by atoms with Crippen molar-refractivity contribution >= 4 is 17.8 Å². The number of H-pyrrole nitrogens is 2. The van der Waals surface area contributed by atoms with E-state index in [0.29, 0.717) is 29.5 Å². The second-order valence-electron chi connectivity index (χ2n) is 9.00. The van der Waals surface area contributed by atoms with E-state index in [9.17, 15) is 9.90 Å². The molecule has 0 aliphatic carbocycles. The Labute approximate surface area is 203 Å². The summed E-state index contributed by atoms with van der Waals surface area (Å²) in [4.78, 5) is 23.4. The van der Waals surface area contributed by atoms with Crippen LogP contribution < -0.4 is 0 Å². The summed E-state index contributed by atoms with van der Waals surface area (Å²) in [7, 11) is 0. The molecule has 1 aliphatic heterocycles. The van der Waals surface area contributed by atoms with Crippen LogP contribution in [0.25, 0.3) is 6.08 Å². The summed E-state index contributed by atoms with van der Waals surface area (Å²) >= 11 is 0. The summed E-state index contributed by atoms with van der Waals surface area (Å²) in [5.74, 6) is -0.734. The van der Waals surface area contributed by atoms with Crippen LogP contribution >= 0.6 is 0 Å². The highest BCUT2D eigenvalue weighted by atomic mass is 16.5. The Morgan fingerprint density at radius 3 is 2.29 bits per heavy atom. The maximum atomic E-state index is 12.1. The van der Waals surface area contributed by atoms with Crippen molar-refractivity contribution in [2.24, 2.45) is 4.99 Å². The van der Waals surface area contributed by atoms with E-state index < -0.39 is 5.97 Å². The number of nitrogens with one attached hydrogen (secondary N) is 2. The normalized spacial score (nSPS) is 14.8. The van der Waals surface area contributed by atoms with Crippen LogP contribution in [0.5, 0.6) is 0 Å². The van der Waals surface area contributed by atoms with Crippen LogP contribution in [0.4, 0.5) is 0 Å². The monoisotopic (exact) mass is 465 g/mol. The number of unbranched alkanes of at least 4 members (excludes halogenated alkanes) is 8. The molecule has 0 amide bonds. The molecule has 184 valence electrons. The van der Waals surface area contributed by atoms with Crippen LogP contribution in [0.1, 0.15) is 94.4 Å². The van der Waals surface area contributed by atoms with Gasteiger partial charge in [0.15, 0.2) is 5.76 Å². The van der Waals surface area contributed by atoms with E-state index >= 15 is 0 Å². The fourth-order valence-corrected chi connectivity index (χ4v) is 4.35. The van der Waals surface area contributed by atoms with Gasteiger partial charge >= 0.3 is 5.97 Å². The number of hydrogen-bond acceptors (Lipinski definition) is 3. The van der Waals surface area contributed by atoms with Crippen molar-refractivity contribution in [2.45, 2.75) is 85.0 Å². The Morgan fingerprint density at radius 2 is 1.68 bits per heavy atom. The van der Waals surface area contributed by atoms with E-state index in [4.69, 9.17) is 4.74 Å². The number of hydrogen-bond donors (Lipinski definition) is 3. The number of carboxylic acids is 1. The number of aromatic amines is 2. The van der Waals surface area contributed by atoms with Gasteiger partial charge in [-0.1, -0.05) is 58.3 Å². The number of aliphatic imine (C=N–C) groups is 1. The minimum Gasteiger partial charge on any atom is -0.491 e. The number of nitrogens with zero attached hydrogens (tertiary/aromatic N) is 1. The maximum Gasteiger partial charge on any atom is 0.341 e. The Kier molecular flexibility index (Phi) is 9.80. The molecule has 0 radical (unpaired) electrons. The number of ether oxygens (including phenoxy) is 1. The highest BCUT2D eigenvalue weighted by Gasteiger charge is 2.32. The topological polar surface area (TPSA) is 90.5 Å². The zero-order valence-electron chi connectivity index (χ0n) is 20.9. The highest BCUT2D eigenvalue weighted by Crippen LogP contribution is 2.31. The average molecular weight is 466 g/mol. The lowest BCUT2D eigenvalue weighted by molar-refractivity contribution is -0.132. The lowest BCUT2D eigenvalue weighted by Gasteiger charge is -2.07. The largest absolute Gasteiger partial charge is 0.491 e. The van der Waals surface area contributed by atoms with Gasteiger partial charge in [-0.25, -0.2) is 9.79 Å². The van der Waals surface area contributed by atoms with Crippen LogP contribution in [-0.2, 0) is 16.0 Å². The molecule has 0 aromatic carbocycles. The van der Waals surface area contributed by atoms with Gasteiger partial charge in [0, 0.05) is 17.1 Å². The second-order valence-corrected chi connectivity index (χ2v) is 9.00. The van der Waals surface area contributed by atoms with Gasteiger partial charge in [-0.05, 0) is 57.0 Å². The summed E-state index contributed by atoms with van der Waals surface area (Å²) in [6, 6.07) is 7.88. The van der Waals surface area contributed by atoms with Crippen molar-refractivity contribution < 1.29 is 14.6 Å². The molecule has 3 heterocycles. The number of aliphatic carboxylic acids is 1. The summed E-state index contributed by atoms with van der Waals surface area (Å²) in [5.41, 5.74) is 4.73. The van der Waals surface area contributed by atoms with Crippen molar-refractivity contribution in [1.29, 1.82) is 0 Å². The van der Waals surface area contributed by atoms with Crippen LogP contribution in [0.2, 0.25) is 0 Å². The molecule has 3 rings (SSSR count).